The lowest BCUT2D eigenvalue weighted by Crippen LogP contribution is -2.35. The smallest absolute Gasteiger partial charge is 0.380 e. The summed E-state index contributed by atoms with van der Waals surface area (Å²) in [5.41, 5.74) is 5.84. The summed E-state index contributed by atoms with van der Waals surface area (Å²) < 4.78 is 25.5. The van der Waals surface area contributed by atoms with Gasteiger partial charge in [-0.3, -0.25) is 9.05 Å². The van der Waals surface area contributed by atoms with E-state index in [-0.39, 0.29) is 30.7 Å². The molecule has 0 aromatic heterocycles. The second-order valence-electron chi connectivity index (χ2n) is 3.76. The Balaban J connectivity index is 2.44. The van der Waals surface area contributed by atoms with Crippen LogP contribution < -0.4 is 5.73 Å². The van der Waals surface area contributed by atoms with E-state index >= 15 is 0 Å². The summed E-state index contributed by atoms with van der Waals surface area (Å²) in [5.74, 6) is 0.0943. The fraction of sp³-hybridized carbons (Fsp3) is 1.00. The minimum atomic E-state index is -3.91. The number of hydrogen-bond acceptors (Lipinski definition) is 5. The van der Waals surface area contributed by atoms with Gasteiger partial charge in [0.15, 0.2) is 0 Å². The number of ether oxygens (including phenoxy) is 1. The van der Waals surface area contributed by atoms with E-state index in [9.17, 15) is 4.57 Å². The van der Waals surface area contributed by atoms with Gasteiger partial charge in [-0.2, -0.15) is 0 Å². The van der Waals surface area contributed by atoms with Crippen molar-refractivity contribution in [2.75, 3.05) is 13.7 Å². The predicted octanol–water partition coefficient (Wildman–Crippen LogP) is -0.929. The molecule has 0 aliphatic carbocycles. The van der Waals surface area contributed by atoms with Crippen molar-refractivity contribution in [3.63, 3.8) is 0 Å². The van der Waals surface area contributed by atoms with Crippen LogP contribution in [0.15, 0.2) is 0 Å². The molecule has 8 heteroatoms. The molecule has 1 aliphatic rings. The maximum atomic E-state index is 11.0. The van der Waals surface area contributed by atoms with Crippen LogP contribution in [-0.2, 0) is 18.3 Å². The zero-order valence-electron chi connectivity index (χ0n) is 9.12. The molecule has 15 heavy (non-hydrogen) atoms. The number of hydrogen-bond donors (Lipinski definition) is 2. The first-order chi connectivity index (χ1) is 6.87. The monoisotopic (exact) mass is 237 g/mol. The second kappa shape index (κ2) is 4.95. The minimum absolute atomic E-state index is 0.0147. The number of phosphoric acid groups is 1. The molecule has 6 nitrogen and oxygen atoms in total. The first-order valence-corrected chi connectivity index (χ1v) is 6.31. The molecular weight excluding hydrogens is 220 g/mol. The highest BCUT2D eigenvalue weighted by Gasteiger charge is 2.38. The molecule has 1 aliphatic heterocycles. The molecule has 1 fully saturated rings. The standard InChI is InChI=1S/C7H17BNO5P/c1-4-5(14-7(8)6(4)9)3-13-15(10,11)12-2/h4-7H,3,8-9H2,1-2H3,(H,10,11). The Morgan fingerprint density at radius 2 is 2.27 bits per heavy atom. The fourth-order valence-corrected chi connectivity index (χ4v) is 2.02. The molecular formula is C7H17BNO5P. The molecule has 0 bridgehead atoms. The van der Waals surface area contributed by atoms with Crippen molar-refractivity contribution in [1.29, 1.82) is 0 Å². The molecule has 5 unspecified atom stereocenters. The highest BCUT2D eigenvalue weighted by atomic mass is 31.2. The Morgan fingerprint density at radius 1 is 1.67 bits per heavy atom. The first-order valence-electron chi connectivity index (χ1n) is 4.81. The van der Waals surface area contributed by atoms with Gasteiger partial charge in [0, 0.05) is 25.1 Å². The number of nitrogens with two attached hydrogens (primary N) is 1. The Hall–Kier alpha value is 0.0949. The normalized spacial score (nSPS) is 40.3. The summed E-state index contributed by atoms with van der Waals surface area (Å²) in [6.45, 7) is 1.94. The highest BCUT2D eigenvalue weighted by molar-refractivity contribution is 7.47. The molecule has 1 heterocycles. The highest BCUT2D eigenvalue weighted by Crippen LogP contribution is 2.42. The predicted molar refractivity (Wildman–Crippen MR) is 57.1 cm³/mol. The summed E-state index contributed by atoms with van der Waals surface area (Å²) in [6.07, 6.45) is -0.259. The van der Waals surface area contributed by atoms with Gasteiger partial charge in [0.25, 0.3) is 0 Å². The Morgan fingerprint density at radius 3 is 2.67 bits per heavy atom. The molecule has 0 aromatic carbocycles. The van der Waals surface area contributed by atoms with Crippen LogP contribution in [0.3, 0.4) is 0 Å². The van der Waals surface area contributed by atoms with E-state index in [0.29, 0.717) is 0 Å². The van der Waals surface area contributed by atoms with Crippen LogP contribution in [0.1, 0.15) is 6.92 Å². The molecule has 1 rings (SSSR count). The van der Waals surface area contributed by atoms with Gasteiger partial charge in [0.2, 0.25) is 0 Å². The summed E-state index contributed by atoms with van der Waals surface area (Å²) in [6, 6.07) is -0.131. The van der Waals surface area contributed by atoms with Gasteiger partial charge in [0.05, 0.1) is 12.7 Å². The molecule has 0 radical (unpaired) electrons. The molecule has 3 N–H and O–H groups in total. The van der Waals surface area contributed by atoms with Gasteiger partial charge in [-0.05, 0) is 0 Å². The zero-order valence-corrected chi connectivity index (χ0v) is 10.0. The van der Waals surface area contributed by atoms with Gasteiger partial charge in [0.1, 0.15) is 7.85 Å². The van der Waals surface area contributed by atoms with Crippen LogP contribution in [0.25, 0.3) is 0 Å². The first kappa shape index (κ1) is 13.2. The van der Waals surface area contributed by atoms with Gasteiger partial charge < -0.3 is 15.4 Å². The van der Waals surface area contributed by atoms with E-state index in [2.05, 4.69) is 4.52 Å². The van der Waals surface area contributed by atoms with Crippen LogP contribution in [0, 0.1) is 5.92 Å². The van der Waals surface area contributed by atoms with Crippen molar-refractivity contribution in [1.82, 2.24) is 0 Å². The molecule has 1 saturated heterocycles. The van der Waals surface area contributed by atoms with Gasteiger partial charge >= 0.3 is 7.82 Å². The lowest BCUT2D eigenvalue weighted by Gasteiger charge is -2.17. The van der Waals surface area contributed by atoms with E-state index < -0.39 is 7.82 Å². The van der Waals surface area contributed by atoms with Crippen LogP contribution in [0.4, 0.5) is 0 Å². The third-order valence-corrected chi connectivity index (χ3v) is 3.69. The van der Waals surface area contributed by atoms with E-state index in [1.807, 2.05) is 14.8 Å². The number of phosphoric ester groups is 1. The Labute approximate surface area is 90.1 Å². The quantitative estimate of drug-likeness (QED) is 0.485. The molecule has 0 saturated carbocycles. The lowest BCUT2D eigenvalue weighted by atomic mass is 9.87. The molecule has 0 spiro atoms. The van der Waals surface area contributed by atoms with Crippen LogP contribution >= 0.6 is 7.82 Å². The van der Waals surface area contributed by atoms with Crippen molar-refractivity contribution < 1.29 is 23.2 Å². The summed E-state index contributed by atoms with van der Waals surface area (Å²) in [7, 11) is -0.923. The van der Waals surface area contributed by atoms with E-state index in [0.717, 1.165) is 7.11 Å². The van der Waals surface area contributed by atoms with Crippen LogP contribution in [0.2, 0.25) is 0 Å². The van der Waals surface area contributed by atoms with Gasteiger partial charge in [-0.1, -0.05) is 6.92 Å². The maximum Gasteiger partial charge on any atom is 0.472 e. The lowest BCUT2D eigenvalue weighted by molar-refractivity contribution is 0.0250. The third-order valence-electron chi connectivity index (χ3n) is 2.76. The van der Waals surface area contributed by atoms with E-state index in [4.69, 9.17) is 19.9 Å². The maximum absolute atomic E-state index is 11.0. The van der Waals surface area contributed by atoms with Crippen molar-refractivity contribution in [2.24, 2.45) is 11.7 Å². The average Bonchev–Trinajstić information content (AvgIpc) is 2.43. The third kappa shape index (κ3) is 3.27. The Kier molecular flexibility index (Phi) is 4.34. The van der Waals surface area contributed by atoms with Gasteiger partial charge in [-0.25, -0.2) is 4.57 Å². The topological polar surface area (TPSA) is 91.0 Å². The van der Waals surface area contributed by atoms with Crippen molar-refractivity contribution in [3.8, 4) is 0 Å². The molecule has 0 amide bonds. The SMILES string of the molecule is BC1OC(COP(=O)(O)OC)C(C)C1N. The average molecular weight is 237 g/mol. The largest absolute Gasteiger partial charge is 0.472 e. The van der Waals surface area contributed by atoms with Crippen molar-refractivity contribution >= 4 is 15.7 Å². The zero-order chi connectivity index (χ0) is 11.6. The molecule has 88 valence electrons. The summed E-state index contributed by atoms with van der Waals surface area (Å²) >= 11 is 0. The second-order valence-corrected chi connectivity index (χ2v) is 5.32. The molecule has 5 atom stereocenters. The summed E-state index contributed by atoms with van der Waals surface area (Å²) in [5, 5.41) is 0. The summed E-state index contributed by atoms with van der Waals surface area (Å²) in [4.78, 5) is 9.03. The van der Waals surface area contributed by atoms with E-state index in [1.54, 1.807) is 0 Å². The van der Waals surface area contributed by atoms with Gasteiger partial charge in [-0.15, -0.1) is 0 Å². The van der Waals surface area contributed by atoms with Crippen LogP contribution in [0.5, 0.6) is 0 Å². The van der Waals surface area contributed by atoms with Crippen molar-refractivity contribution in [3.05, 3.63) is 0 Å². The number of rotatable bonds is 4. The van der Waals surface area contributed by atoms with E-state index in [1.165, 1.54) is 0 Å². The Bertz CT molecular complexity index is 266. The molecule has 0 aromatic rings. The van der Waals surface area contributed by atoms with Crippen molar-refractivity contribution in [2.45, 2.75) is 25.1 Å². The minimum Gasteiger partial charge on any atom is -0.380 e. The van der Waals surface area contributed by atoms with Crippen LogP contribution in [-0.4, -0.2) is 44.6 Å². The fourth-order valence-electron chi connectivity index (χ4n) is 1.58.